The second-order valence-corrected chi connectivity index (χ2v) is 5.26. The van der Waals surface area contributed by atoms with Gasteiger partial charge in [0.25, 0.3) is 0 Å². The number of halogens is 1. The lowest BCUT2D eigenvalue weighted by atomic mass is 10.1. The Morgan fingerprint density at radius 2 is 2.16 bits per heavy atom. The quantitative estimate of drug-likeness (QED) is 0.447. The van der Waals surface area contributed by atoms with Gasteiger partial charge in [-0.25, -0.2) is 0 Å². The molecule has 0 aliphatic carbocycles. The molecule has 4 nitrogen and oxygen atoms in total. The van der Waals surface area contributed by atoms with Gasteiger partial charge in [-0.3, -0.25) is 0 Å². The lowest BCUT2D eigenvalue weighted by Gasteiger charge is -2.07. The molecule has 94 valence electrons. The number of hydrogen-bond donors (Lipinski definition) is 1. The Morgan fingerprint density at radius 3 is 2.89 bits per heavy atom. The summed E-state index contributed by atoms with van der Waals surface area (Å²) in [6.45, 7) is 0. The van der Waals surface area contributed by atoms with Gasteiger partial charge in [0.15, 0.2) is 0 Å². The lowest BCUT2D eigenvalue weighted by Crippen LogP contribution is -1.98. The third-order valence-corrected chi connectivity index (χ3v) is 3.84. The van der Waals surface area contributed by atoms with Gasteiger partial charge in [-0.2, -0.15) is 5.10 Å². The minimum absolute atomic E-state index is 0.639. The first kappa shape index (κ1) is 12.1. The molecule has 0 saturated carbocycles. The molecule has 0 radical (unpaired) electrons. The zero-order valence-corrected chi connectivity index (χ0v) is 11.3. The van der Waals surface area contributed by atoms with Gasteiger partial charge in [0.2, 0.25) is 0 Å². The fourth-order valence-corrected chi connectivity index (χ4v) is 2.90. The number of thiophene rings is 1. The van der Waals surface area contributed by atoms with Crippen molar-refractivity contribution in [2.45, 2.75) is 0 Å². The van der Waals surface area contributed by atoms with Crippen LogP contribution in [0.3, 0.4) is 0 Å². The molecule has 0 saturated heterocycles. The summed E-state index contributed by atoms with van der Waals surface area (Å²) in [5.74, 6) is 5.24. The molecular weight excluding hydrogens is 280 g/mol. The highest BCUT2D eigenvalue weighted by Crippen LogP contribution is 2.33. The second-order valence-electron chi connectivity index (χ2n) is 3.88. The van der Waals surface area contributed by atoms with Crippen molar-refractivity contribution < 1.29 is 0 Å². The average molecular weight is 289 g/mol. The van der Waals surface area contributed by atoms with Gasteiger partial charge in [0, 0.05) is 20.8 Å². The van der Waals surface area contributed by atoms with Crippen molar-refractivity contribution in [2.24, 2.45) is 10.9 Å². The van der Waals surface area contributed by atoms with E-state index in [1.807, 2.05) is 29.6 Å². The van der Waals surface area contributed by atoms with E-state index in [0.717, 1.165) is 21.3 Å². The Balaban J connectivity index is 2.41. The molecule has 0 unspecified atom stereocenters. The molecule has 0 fully saturated rings. The normalized spacial score (nSPS) is 11.4. The molecule has 0 amide bonds. The van der Waals surface area contributed by atoms with Crippen molar-refractivity contribution in [2.75, 3.05) is 0 Å². The lowest BCUT2D eigenvalue weighted by molar-refractivity contribution is 1.06. The third kappa shape index (κ3) is 2.18. The van der Waals surface area contributed by atoms with Gasteiger partial charge in [0.05, 0.1) is 11.7 Å². The van der Waals surface area contributed by atoms with Crippen LogP contribution in [0.5, 0.6) is 0 Å². The van der Waals surface area contributed by atoms with Crippen LogP contribution in [0.25, 0.3) is 21.3 Å². The number of nitrogens with zero attached hydrogens (tertiary/aromatic N) is 3. The number of fused-ring (bicyclic) bond motifs is 1. The van der Waals surface area contributed by atoms with Gasteiger partial charge in [0.1, 0.15) is 5.69 Å². The second kappa shape index (κ2) is 4.95. The fourth-order valence-electron chi connectivity index (χ4n) is 1.93. The highest BCUT2D eigenvalue weighted by molar-refractivity contribution is 7.13. The first-order valence-corrected chi connectivity index (χ1v) is 6.78. The number of hydrazone groups is 1. The van der Waals surface area contributed by atoms with Gasteiger partial charge in [-0.15, -0.1) is 21.5 Å². The summed E-state index contributed by atoms with van der Waals surface area (Å²) in [6, 6.07) is 9.54. The largest absolute Gasteiger partial charge is 0.323 e. The molecular formula is C13H9ClN4S. The first-order valence-electron chi connectivity index (χ1n) is 5.52. The topological polar surface area (TPSA) is 64.2 Å². The van der Waals surface area contributed by atoms with Crippen LogP contribution in [0, 0.1) is 0 Å². The monoisotopic (exact) mass is 288 g/mol. The van der Waals surface area contributed by atoms with Crippen LogP contribution < -0.4 is 5.84 Å². The van der Waals surface area contributed by atoms with Crippen molar-refractivity contribution in [3.63, 3.8) is 0 Å². The smallest absolute Gasteiger partial charge is 0.115 e. The van der Waals surface area contributed by atoms with Crippen molar-refractivity contribution in [3.05, 3.63) is 46.4 Å². The Morgan fingerprint density at radius 1 is 1.26 bits per heavy atom. The summed E-state index contributed by atoms with van der Waals surface area (Å²) >= 11 is 7.70. The van der Waals surface area contributed by atoms with E-state index in [1.54, 1.807) is 17.4 Å². The van der Waals surface area contributed by atoms with Crippen LogP contribution >= 0.6 is 22.9 Å². The van der Waals surface area contributed by atoms with Crippen LogP contribution in [0.4, 0.5) is 0 Å². The molecule has 0 aliphatic heterocycles. The fraction of sp³-hybridized carbons (Fsp3) is 0. The Bertz CT molecular complexity index is 753. The number of aromatic nitrogens is 2. The van der Waals surface area contributed by atoms with E-state index in [1.165, 1.54) is 6.21 Å². The molecule has 3 aromatic rings. The number of rotatable bonds is 2. The van der Waals surface area contributed by atoms with E-state index in [0.29, 0.717) is 10.7 Å². The Hall–Kier alpha value is -1.98. The third-order valence-electron chi connectivity index (χ3n) is 2.71. The maximum absolute atomic E-state index is 6.08. The number of hydrogen-bond acceptors (Lipinski definition) is 5. The Kier molecular flexibility index (Phi) is 3.15. The Labute approximate surface area is 118 Å². The molecule has 0 bridgehead atoms. The average Bonchev–Trinajstić information content (AvgIpc) is 2.92. The minimum atomic E-state index is 0.639. The molecule has 0 atom stereocenters. The van der Waals surface area contributed by atoms with Crippen LogP contribution in [0.2, 0.25) is 5.02 Å². The van der Waals surface area contributed by atoms with Gasteiger partial charge in [-0.05, 0) is 29.6 Å². The molecule has 2 aromatic heterocycles. The molecule has 19 heavy (non-hydrogen) atoms. The zero-order chi connectivity index (χ0) is 13.2. The van der Waals surface area contributed by atoms with Crippen LogP contribution in [0.15, 0.2) is 40.8 Å². The zero-order valence-electron chi connectivity index (χ0n) is 9.75. The summed E-state index contributed by atoms with van der Waals surface area (Å²) in [7, 11) is 0. The van der Waals surface area contributed by atoms with Crippen LogP contribution in [-0.4, -0.2) is 16.4 Å². The highest BCUT2D eigenvalue weighted by Gasteiger charge is 2.12. The van der Waals surface area contributed by atoms with Gasteiger partial charge in [-0.1, -0.05) is 17.7 Å². The van der Waals surface area contributed by atoms with Gasteiger partial charge < -0.3 is 5.84 Å². The highest BCUT2D eigenvalue weighted by atomic mass is 35.5. The van der Waals surface area contributed by atoms with Crippen molar-refractivity contribution >= 4 is 40.1 Å². The van der Waals surface area contributed by atoms with Crippen molar-refractivity contribution in [1.82, 2.24) is 10.2 Å². The number of nitrogens with two attached hydrogens (primary N) is 1. The van der Waals surface area contributed by atoms with E-state index in [-0.39, 0.29) is 0 Å². The predicted molar refractivity (Wildman–Crippen MR) is 79.6 cm³/mol. The van der Waals surface area contributed by atoms with E-state index >= 15 is 0 Å². The van der Waals surface area contributed by atoms with Crippen molar-refractivity contribution in [3.8, 4) is 10.4 Å². The van der Waals surface area contributed by atoms with Crippen LogP contribution in [0.1, 0.15) is 5.69 Å². The van der Waals surface area contributed by atoms with Crippen LogP contribution in [-0.2, 0) is 0 Å². The number of benzene rings is 1. The SMILES string of the molecule is N/N=C/c1nnc2ccc(Cl)cc2c1-c1cccs1. The summed E-state index contributed by atoms with van der Waals surface area (Å²) in [5.41, 5.74) is 2.39. The molecule has 1 aromatic carbocycles. The first-order chi connectivity index (χ1) is 9.29. The summed E-state index contributed by atoms with van der Waals surface area (Å²) in [5, 5.41) is 15.5. The molecule has 2 N–H and O–H groups in total. The summed E-state index contributed by atoms with van der Waals surface area (Å²) < 4.78 is 0. The van der Waals surface area contributed by atoms with E-state index in [2.05, 4.69) is 15.3 Å². The van der Waals surface area contributed by atoms with E-state index in [9.17, 15) is 0 Å². The maximum atomic E-state index is 6.08. The standard InChI is InChI=1S/C13H9ClN4S/c14-8-3-4-10-9(6-8)13(12-2-1-5-19-12)11(7-16-15)18-17-10/h1-7H,15H2/b16-7+. The predicted octanol–water partition coefficient (Wildman–Crippen LogP) is 3.30. The molecule has 0 spiro atoms. The van der Waals surface area contributed by atoms with E-state index in [4.69, 9.17) is 17.4 Å². The minimum Gasteiger partial charge on any atom is -0.323 e. The summed E-state index contributed by atoms with van der Waals surface area (Å²) in [6.07, 6.45) is 1.50. The summed E-state index contributed by atoms with van der Waals surface area (Å²) in [4.78, 5) is 1.08. The van der Waals surface area contributed by atoms with Crippen molar-refractivity contribution in [1.29, 1.82) is 0 Å². The molecule has 2 heterocycles. The molecule has 3 rings (SSSR count). The van der Waals surface area contributed by atoms with Gasteiger partial charge >= 0.3 is 0 Å². The maximum Gasteiger partial charge on any atom is 0.115 e. The molecule has 6 heteroatoms. The molecule has 0 aliphatic rings. The van der Waals surface area contributed by atoms with E-state index < -0.39 is 0 Å².